The van der Waals surface area contributed by atoms with E-state index in [0.717, 1.165) is 5.56 Å². The first kappa shape index (κ1) is 17.6. The van der Waals surface area contributed by atoms with E-state index >= 15 is 0 Å². The van der Waals surface area contributed by atoms with Gasteiger partial charge >= 0.3 is 0 Å². The normalized spacial score (nSPS) is 13.0. The Bertz CT molecular complexity index is 614. The zero-order chi connectivity index (χ0) is 16.5. The summed E-state index contributed by atoms with van der Waals surface area (Å²) < 4.78 is 22.3. The number of carbonyl (C=O) groups excluding carboxylic acids is 1. The van der Waals surface area contributed by atoms with Gasteiger partial charge in [-0.3, -0.25) is 4.79 Å². The standard InChI is InChI=1S/C14H23N3O3S/c1-13(2,14(3,4)15)12(18)17-9-10-5-7-11(8-6-10)21(16,19)20/h5-8H,9,15H2,1-4H3,(H,17,18)(H2,16,19,20). The molecular weight excluding hydrogens is 290 g/mol. The summed E-state index contributed by atoms with van der Waals surface area (Å²) in [6.45, 7) is 7.46. The average Bonchev–Trinajstić information content (AvgIpc) is 2.33. The van der Waals surface area contributed by atoms with Crippen molar-refractivity contribution in [2.75, 3.05) is 0 Å². The van der Waals surface area contributed by atoms with Crippen molar-refractivity contribution in [2.24, 2.45) is 16.3 Å². The van der Waals surface area contributed by atoms with Crippen LogP contribution < -0.4 is 16.2 Å². The van der Waals surface area contributed by atoms with Crippen LogP contribution in [-0.2, 0) is 21.4 Å². The fourth-order valence-corrected chi connectivity index (χ4v) is 2.01. The van der Waals surface area contributed by atoms with Crippen LogP contribution in [0.1, 0.15) is 33.3 Å². The lowest BCUT2D eigenvalue weighted by Gasteiger charge is -2.36. The summed E-state index contributed by atoms with van der Waals surface area (Å²) in [4.78, 5) is 12.2. The first-order valence-corrected chi connectivity index (χ1v) is 8.09. The summed E-state index contributed by atoms with van der Waals surface area (Å²) in [7, 11) is -3.70. The van der Waals surface area contributed by atoms with Gasteiger partial charge in [-0.15, -0.1) is 0 Å². The Morgan fingerprint density at radius 3 is 2.00 bits per heavy atom. The number of nitrogens with one attached hydrogen (secondary N) is 1. The lowest BCUT2D eigenvalue weighted by Crippen LogP contribution is -2.55. The van der Waals surface area contributed by atoms with E-state index in [4.69, 9.17) is 10.9 Å². The zero-order valence-electron chi connectivity index (χ0n) is 12.8. The smallest absolute Gasteiger partial charge is 0.238 e. The quantitative estimate of drug-likeness (QED) is 0.742. The molecule has 1 aromatic carbocycles. The highest BCUT2D eigenvalue weighted by molar-refractivity contribution is 7.89. The molecule has 7 heteroatoms. The first-order valence-electron chi connectivity index (χ1n) is 6.54. The minimum Gasteiger partial charge on any atom is -0.352 e. The third-order valence-electron chi connectivity index (χ3n) is 3.88. The van der Waals surface area contributed by atoms with Gasteiger partial charge in [-0.05, 0) is 45.4 Å². The predicted molar refractivity (Wildman–Crippen MR) is 81.7 cm³/mol. The highest BCUT2D eigenvalue weighted by atomic mass is 32.2. The number of carbonyl (C=O) groups is 1. The predicted octanol–water partition coefficient (Wildman–Crippen LogP) is 0.714. The molecular formula is C14H23N3O3S. The van der Waals surface area contributed by atoms with Crippen LogP contribution in [0.25, 0.3) is 0 Å². The number of amides is 1. The van der Waals surface area contributed by atoms with Crippen LogP contribution in [0.3, 0.4) is 0 Å². The van der Waals surface area contributed by atoms with Crippen LogP contribution in [0.15, 0.2) is 29.2 Å². The first-order chi connectivity index (χ1) is 9.35. The zero-order valence-corrected chi connectivity index (χ0v) is 13.6. The minimum atomic E-state index is -3.70. The highest BCUT2D eigenvalue weighted by Gasteiger charge is 2.40. The maximum Gasteiger partial charge on any atom is 0.238 e. The number of hydrogen-bond donors (Lipinski definition) is 3. The number of primary sulfonamides is 1. The molecule has 1 rings (SSSR count). The second-order valence-corrected chi connectivity index (χ2v) is 7.78. The van der Waals surface area contributed by atoms with Crippen molar-refractivity contribution in [3.63, 3.8) is 0 Å². The molecule has 21 heavy (non-hydrogen) atoms. The van der Waals surface area contributed by atoms with Crippen LogP contribution in [0, 0.1) is 5.41 Å². The Balaban J connectivity index is 2.75. The molecule has 0 fully saturated rings. The molecule has 5 N–H and O–H groups in total. The molecule has 0 saturated heterocycles. The van der Waals surface area contributed by atoms with E-state index < -0.39 is 21.0 Å². The summed E-state index contributed by atoms with van der Waals surface area (Å²) in [5, 5.41) is 7.83. The average molecular weight is 313 g/mol. The van der Waals surface area contributed by atoms with Crippen molar-refractivity contribution >= 4 is 15.9 Å². The van der Waals surface area contributed by atoms with Crippen molar-refractivity contribution in [1.82, 2.24) is 5.32 Å². The van der Waals surface area contributed by atoms with Gasteiger partial charge in [0.05, 0.1) is 10.3 Å². The van der Waals surface area contributed by atoms with Gasteiger partial charge in [0.1, 0.15) is 0 Å². The molecule has 0 atom stereocenters. The van der Waals surface area contributed by atoms with E-state index in [0.29, 0.717) is 6.54 Å². The third-order valence-corrected chi connectivity index (χ3v) is 4.81. The number of sulfonamides is 1. The van der Waals surface area contributed by atoms with Gasteiger partial charge in [-0.1, -0.05) is 12.1 Å². The summed E-state index contributed by atoms with van der Waals surface area (Å²) >= 11 is 0. The Hall–Kier alpha value is -1.44. The van der Waals surface area contributed by atoms with Crippen molar-refractivity contribution < 1.29 is 13.2 Å². The minimum absolute atomic E-state index is 0.0426. The van der Waals surface area contributed by atoms with E-state index in [-0.39, 0.29) is 10.8 Å². The van der Waals surface area contributed by atoms with Gasteiger partial charge in [0, 0.05) is 12.1 Å². The Morgan fingerprint density at radius 2 is 1.62 bits per heavy atom. The SMILES string of the molecule is CC(C)(N)C(C)(C)C(=O)NCc1ccc(S(N)(=O)=O)cc1. The van der Waals surface area contributed by atoms with Crippen LogP contribution in [0.5, 0.6) is 0 Å². The van der Waals surface area contributed by atoms with Crippen molar-refractivity contribution in [2.45, 2.75) is 44.7 Å². The van der Waals surface area contributed by atoms with Crippen LogP contribution >= 0.6 is 0 Å². The van der Waals surface area contributed by atoms with Crippen LogP contribution in [0.4, 0.5) is 0 Å². The summed E-state index contributed by atoms with van der Waals surface area (Å²) in [5.41, 5.74) is 5.40. The van der Waals surface area contributed by atoms with E-state index in [1.807, 2.05) is 0 Å². The molecule has 0 unspecified atom stereocenters. The number of hydrogen-bond acceptors (Lipinski definition) is 4. The summed E-state index contributed by atoms with van der Waals surface area (Å²) in [5.74, 6) is -0.162. The van der Waals surface area contributed by atoms with E-state index in [1.54, 1.807) is 39.8 Å². The second-order valence-electron chi connectivity index (χ2n) is 6.22. The molecule has 0 aliphatic heterocycles. The maximum atomic E-state index is 12.2. The largest absolute Gasteiger partial charge is 0.352 e. The molecule has 0 aromatic heterocycles. The second kappa shape index (κ2) is 5.75. The third kappa shape index (κ3) is 4.26. The maximum absolute atomic E-state index is 12.2. The molecule has 6 nitrogen and oxygen atoms in total. The molecule has 1 aromatic rings. The monoisotopic (exact) mass is 313 g/mol. The lowest BCUT2D eigenvalue weighted by molar-refractivity contribution is -0.132. The molecule has 1 amide bonds. The van der Waals surface area contributed by atoms with Crippen LogP contribution in [-0.4, -0.2) is 19.9 Å². The van der Waals surface area contributed by atoms with Gasteiger partial charge in [-0.25, -0.2) is 13.6 Å². The molecule has 0 spiro atoms. The number of rotatable bonds is 5. The summed E-state index contributed by atoms with van der Waals surface area (Å²) in [6, 6.07) is 6.05. The lowest BCUT2D eigenvalue weighted by atomic mass is 9.74. The van der Waals surface area contributed by atoms with Gasteiger partial charge in [0.15, 0.2) is 0 Å². The van der Waals surface area contributed by atoms with Crippen LogP contribution in [0.2, 0.25) is 0 Å². The summed E-state index contributed by atoms with van der Waals surface area (Å²) in [6.07, 6.45) is 0. The fourth-order valence-electron chi connectivity index (χ4n) is 1.49. The van der Waals surface area contributed by atoms with E-state index in [1.165, 1.54) is 12.1 Å². The number of benzene rings is 1. The van der Waals surface area contributed by atoms with E-state index in [2.05, 4.69) is 5.32 Å². The van der Waals surface area contributed by atoms with Gasteiger partial charge < -0.3 is 11.1 Å². The Kier molecular flexibility index (Phi) is 4.82. The Morgan fingerprint density at radius 1 is 1.14 bits per heavy atom. The molecule has 0 aliphatic rings. The van der Waals surface area contributed by atoms with E-state index in [9.17, 15) is 13.2 Å². The molecule has 0 saturated carbocycles. The van der Waals surface area contributed by atoms with Crippen molar-refractivity contribution in [1.29, 1.82) is 0 Å². The number of nitrogens with two attached hydrogens (primary N) is 2. The fraction of sp³-hybridized carbons (Fsp3) is 0.500. The van der Waals surface area contributed by atoms with Gasteiger partial charge in [0.25, 0.3) is 0 Å². The molecule has 0 aliphatic carbocycles. The topological polar surface area (TPSA) is 115 Å². The van der Waals surface area contributed by atoms with Gasteiger partial charge in [-0.2, -0.15) is 0 Å². The molecule has 0 radical (unpaired) electrons. The molecule has 118 valence electrons. The molecule has 0 heterocycles. The van der Waals surface area contributed by atoms with Crippen molar-refractivity contribution in [3.8, 4) is 0 Å². The van der Waals surface area contributed by atoms with Gasteiger partial charge in [0.2, 0.25) is 15.9 Å². The molecule has 0 bridgehead atoms. The van der Waals surface area contributed by atoms with Crippen molar-refractivity contribution in [3.05, 3.63) is 29.8 Å². The Labute approximate surface area is 126 Å². The highest BCUT2D eigenvalue weighted by Crippen LogP contribution is 2.28.